The van der Waals surface area contributed by atoms with Crippen molar-refractivity contribution in [3.05, 3.63) is 73.3 Å². The molecule has 22 heavy (non-hydrogen) atoms. The molecule has 2 aromatic heterocycles. The first-order chi connectivity index (χ1) is 10.9. The highest BCUT2D eigenvalue weighted by Gasteiger charge is 2.08. The number of nitrogens with zero attached hydrogens (tertiary/aromatic N) is 3. The lowest BCUT2D eigenvalue weighted by Crippen LogP contribution is -1.90. The molecule has 0 N–H and O–H groups in total. The lowest BCUT2D eigenvalue weighted by atomic mass is 9.97. The van der Waals surface area contributed by atoms with E-state index in [0.717, 1.165) is 27.7 Å². The SMILES string of the molecule is C=Cc1cccc2cccc(-c3cc4ncncc4cn3)c12. The molecule has 4 aromatic rings. The zero-order chi connectivity index (χ0) is 14.9. The van der Waals surface area contributed by atoms with Crippen LogP contribution >= 0.6 is 0 Å². The van der Waals surface area contributed by atoms with Crippen molar-refractivity contribution in [3.63, 3.8) is 0 Å². The van der Waals surface area contributed by atoms with E-state index in [9.17, 15) is 0 Å². The third-order valence-electron chi connectivity index (χ3n) is 3.82. The third kappa shape index (κ3) is 1.95. The molecule has 2 heterocycles. The van der Waals surface area contributed by atoms with E-state index in [2.05, 4.69) is 51.9 Å². The van der Waals surface area contributed by atoms with Gasteiger partial charge in [-0.3, -0.25) is 4.98 Å². The Hall–Kier alpha value is -3.07. The van der Waals surface area contributed by atoms with Crippen LogP contribution in [0.15, 0.2) is 67.8 Å². The van der Waals surface area contributed by atoms with Gasteiger partial charge in [0.1, 0.15) is 6.33 Å². The van der Waals surface area contributed by atoms with Crippen molar-refractivity contribution in [1.82, 2.24) is 15.0 Å². The quantitative estimate of drug-likeness (QED) is 0.544. The van der Waals surface area contributed by atoms with Gasteiger partial charge in [0.05, 0.1) is 11.2 Å². The van der Waals surface area contributed by atoms with E-state index < -0.39 is 0 Å². The van der Waals surface area contributed by atoms with Gasteiger partial charge in [-0.2, -0.15) is 0 Å². The van der Waals surface area contributed by atoms with Crippen molar-refractivity contribution in [2.45, 2.75) is 0 Å². The lowest BCUT2D eigenvalue weighted by Gasteiger charge is -2.09. The molecule has 2 aromatic carbocycles. The zero-order valence-electron chi connectivity index (χ0n) is 11.9. The first-order valence-corrected chi connectivity index (χ1v) is 7.07. The van der Waals surface area contributed by atoms with E-state index in [4.69, 9.17) is 0 Å². The summed E-state index contributed by atoms with van der Waals surface area (Å²) < 4.78 is 0. The first-order valence-electron chi connectivity index (χ1n) is 7.07. The van der Waals surface area contributed by atoms with Crippen LogP contribution in [0.25, 0.3) is 39.0 Å². The Morgan fingerprint density at radius 1 is 0.909 bits per heavy atom. The van der Waals surface area contributed by atoms with Crippen LogP contribution in [0.3, 0.4) is 0 Å². The monoisotopic (exact) mass is 283 g/mol. The van der Waals surface area contributed by atoms with Crippen molar-refractivity contribution in [2.24, 2.45) is 0 Å². The number of fused-ring (bicyclic) bond motifs is 2. The summed E-state index contributed by atoms with van der Waals surface area (Å²) in [7, 11) is 0. The van der Waals surface area contributed by atoms with Crippen LogP contribution in [0.2, 0.25) is 0 Å². The molecular weight excluding hydrogens is 270 g/mol. The van der Waals surface area contributed by atoms with Crippen LogP contribution in [0.4, 0.5) is 0 Å². The fraction of sp³-hybridized carbons (Fsp3) is 0. The smallest absolute Gasteiger partial charge is 0.116 e. The molecule has 0 saturated heterocycles. The molecule has 0 radical (unpaired) electrons. The molecule has 0 atom stereocenters. The van der Waals surface area contributed by atoms with Gasteiger partial charge in [0.2, 0.25) is 0 Å². The Morgan fingerprint density at radius 3 is 2.64 bits per heavy atom. The maximum atomic E-state index is 4.59. The Labute approximate surface area is 128 Å². The number of hydrogen-bond donors (Lipinski definition) is 0. The second-order valence-electron chi connectivity index (χ2n) is 5.11. The molecule has 0 amide bonds. The molecule has 3 nitrogen and oxygen atoms in total. The van der Waals surface area contributed by atoms with Gasteiger partial charge in [-0.05, 0) is 22.4 Å². The number of pyridine rings is 1. The van der Waals surface area contributed by atoms with E-state index in [1.807, 2.05) is 24.4 Å². The first kappa shape index (κ1) is 12.7. The summed E-state index contributed by atoms with van der Waals surface area (Å²) in [4.78, 5) is 12.9. The Balaban J connectivity index is 2.05. The van der Waals surface area contributed by atoms with Crippen molar-refractivity contribution >= 4 is 27.8 Å². The van der Waals surface area contributed by atoms with Crippen molar-refractivity contribution in [1.29, 1.82) is 0 Å². The molecule has 3 heteroatoms. The summed E-state index contributed by atoms with van der Waals surface area (Å²) in [6.07, 6.45) is 7.04. The van der Waals surface area contributed by atoms with Gasteiger partial charge in [-0.1, -0.05) is 49.1 Å². The second kappa shape index (κ2) is 5.04. The average molecular weight is 283 g/mol. The molecule has 0 aliphatic heterocycles. The molecule has 0 aliphatic rings. The highest BCUT2D eigenvalue weighted by atomic mass is 14.8. The van der Waals surface area contributed by atoms with E-state index in [1.165, 1.54) is 10.8 Å². The lowest BCUT2D eigenvalue weighted by molar-refractivity contribution is 1.21. The standard InChI is InChI=1S/C19H13N3/c1-2-13-5-3-6-14-7-4-8-16(19(13)14)18-9-17-15(11-21-18)10-20-12-22-17/h2-12H,1H2. The third-order valence-corrected chi connectivity index (χ3v) is 3.82. The van der Waals surface area contributed by atoms with Gasteiger partial charge < -0.3 is 0 Å². The van der Waals surface area contributed by atoms with Crippen molar-refractivity contribution in [2.75, 3.05) is 0 Å². The number of benzene rings is 2. The molecule has 0 bridgehead atoms. The molecule has 0 saturated carbocycles. The number of rotatable bonds is 2. The van der Waals surface area contributed by atoms with E-state index >= 15 is 0 Å². The van der Waals surface area contributed by atoms with E-state index in [0.29, 0.717) is 0 Å². The Bertz CT molecular complexity index is 1000. The van der Waals surface area contributed by atoms with Crippen molar-refractivity contribution < 1.29 is 0 Å². The molecule has 104 valence electrons. The topological polar surface area (TPSA) is 38.7 Å². The van der Waals surface area contributed by atoms with Crippen LogP contribution in [0.5, 0.6) is 0 Å². The van der Waals surface area contributed by atoms with Crippen LogP contribution < -0.4 is 0 Å². The summed E-state index contributed by atoms with van der Waals surface area (Å²) >= 11 is 0. The van der Waals surface area contributed by atoms with Crippen LogP contribution in [0.1, 0.15) is 5.56 Å². The maximum Gasteiger partial charge on any atom is 0.116 e. The molecule has 0 aliphatic carbocycles. The minimum absolute atomic E-state index is 0.896. The van der Waals surface area contributed by atoms with Gasteiger partial charge in [0, 0.05) is 23.3 Å². The van der Waals surface area contributed by atoms with Crippen LogP contribution in [-0.2, 0) is 0 Å². The average Bonchev–Trinajstić information content (AvgIpc) is 2.60. The van der Waals surface area contributed by atoms with Crippen LogP contribution in [-0.4, -0.2) is 15.0 Å². The summed E-state index contributed by atoms with van der Waals surface area (Å²) in [5.41, 5.74) is 4.00. The van der Waals surface area contributed by atoms with Gasteiger partial charge in [0.15, 0.2) is 0 Å². The van der Waals surface area contributed by atoms with Gasteiger partial charge in [-0.15, -0.1) is 0 Å². The van der Waals surface area contributed by atoms with Crippen LogP contribution in [0, 0.1) is 0 Å². The second-order valence-corrected chi connectivity index (χ2v) is 5.11. The highest BCUT2D eigenvalue weighted by Crippen LogP contribution is 2.31. The molecule has 0 fully saturated rings. The van der Waals surface area contributed by atoms with Gasteiger partial charge >= 0.3 is 0 Å². The normalized spacial score (nSPS) is 10.9. The summed E-state index contributed by atoms with van der Waals surface area (Å²) in [5, 5.41) is 3.29. The molecular formula is C19H13N3. The van der Waals surface area contributed by atoms with Gasteiger partial charge in [0.25, 0.3) is 0 Å². The Kier molecular flexibility index (Phi) is 2.90. The summed E-state index contributed by atoms with van der Waals surface area (Å²) in [6.45, 7) is 3.92. The Morgan fingerprint density at radius 2 is 1.77 bits per heavy atom. The number of aromatic nitrogens is 3. The van der Waals surface area contributed by atoms with E-state index in [-0.39, 0.29) is 0 Å². The molecule has 0 unspecified atom stereocenters. The minimum atomic E-state index is 0.896. The van der Waals surface area contributed by atoms with Gasteiger partial charge in [-0.25, -0.2) is 9.97 Å². The fourth-order valence-corrected chi connectivity index (χ4v) is 2.78. The van der Waals surface area contributed by atoms with E-state index in [1.54, 1.807) is 12.5 Å². The highest BCUT2D eigenvalue weighted by molar-refractivity contribution is 6.02. The number of hydrogen-bond acceptors (Lipinski definition) is 3. The fourth-order valence-electron chi connectivity index (χ4n) is 2.78. The molecule has 4 rings (SSSR count). The predicted molar refractivity (Wildman–Crippen MR) is 90.4 cm³/mol. The summed E-state index contributed by atoms with van der Waals surface area (Å²) in [6, 6.07) is 14.5. The molecule has 0 spiro atoms. The zero-order valence-corrected chi connectivity index (χ0v) is 11.9. The predicted octanol–water partition coefficient (Wildman–Crippen LogP) is 4.49. The largest absolute Gasteiger partial charge is 0.255 e. The maximum absolute atomic E-state index is 4.59. The minimum Gasteiger partial charge on any atom is -0.255 e. The van der Waals surface area contributed by atoms with Crippen molar-refractivity contribution in [3.8, 4) is 11.3 Å². The summed E-state index contributed by atoms with van der Waals surface area (Å²) in [5.74, 6) is 0.